The van der Waals surface area contributed by atoms with Crippen molar-refractivity contribution < 1.29 is 9.59 Å². The van der Waals surface area contributed by atoms with Crippen LogP contribution in [0.25, 0.3) is 0 Å². The highest BCUT2D eigenvalue weighted by atomic mass is 16.2. The Morgan fingerprint density at radius 3 is 2.44 bits per heavy atom. The van der Waals surface area contributed by atoms with E-state index in [4.69, 9.17) is 0 Å². The lowest BCUT2D eigenvalue weighted by atomic mass is 9.97. The Bertz CT molecular complexity index is 294. The van der Waals surface area contributed by atoms with Crippen LogP contribution in [-0.4, -0.2) is 41.8 Å². The van der Waals surface area contributed by atoms with E-state index in [0.717, 1.165) is 38.6 Å². The van der Waals surface area contributed by atoms with Crippen LogP contribution in [0.2, 0.25) is 0 Å². The smallest absolute Gasteiger partial charge is 0.237 e. The maximum Gasteiger partial charge on any atom is 0.237 e. The molecule has 1 unspecified atom stereocenters. The Labute approximate surface area is 110 Å². The maximum absolute atomic E-state index is 12.1. The van der Waals surface area contributed by atoms with E-state index in [1.54, 1.807) is 0 Å². The molecule has 1 aliphatic heterocycles. The summed E-state index contributed by atoms with van der Waals surface area (Å²) in [7, 11) is 0. The molecule has 1 fully saturated rings. The molecule has 1 atom stereocenters. The molecular weight excluding hydrogens is 228 g/mol. The topological polar surface area (TPSA) is 49.4 Å². The summed E-state index contributed by atoms with van der Waals surface area (Å²) in [5, 5.41) is 3.08. The molecule has 0 aromatic carbocycles. The van der Waals surface area contributed by atoms with Crippen molar-refractivity contribution in [1.29, 1.82) is 0 Å². The predicted molar refractivity (Wildman–Crippen MR) is 72.3 cm³/mol. The van der Waals surface area contributed by atoms with Crippen LogP contribution in [0, 0.1) is 5.92 Å². The minimum Gasteiger partial charge on any atom is -0.350 e. The number of piperidine rings is 1. The van der Waals surface area contributed by atoms with Crippen molar-refractivity contribution in [1.82, 2.24) is 10.2 Å². The number of hydrogen-bond acceptors (Lipinski definition) is 3. The number of rotatable bonds is 5. The van der Waals surface area contributed by atoms with Crippen molar-refractivity contribution in [3.05, 3.63) is 0 Å². The summed E-state index contributed by atoms with van der Waals surface area (Å²) in [6, 6.07) is -0.108. The zero-order chi connectivity index (χ0) is 13.8. The van der Waals surface area contributed by atoms with E-state index in [2.05, 4.69) is 17.1 Å². The highest BCUT2D eigenvalue weighted by molar-refractivity contribution is 5.82. The molecule has 1 saturated heterocycles. The summed E-state index contributed by atoms with van der Waals surface area (Å²) in [6.45, 7) is 9.77. The van der Waals surface area contributed by atoms with Gasteiger partial charge in [0.15, 0.2) is 0 Å². The normalized spacial score (nSPS) is 20.4. The molecule has 4 heteroatoms. The molecule has 0 saturated carbocycles. The second kappa shape index (κ2) is 6.32. The number of carbonyl (C=O) groups excluding carboxylic acids is 2. The summed E-state index contributed by atoms with van der Waals surface area (Å²) < 4.78 is 0. The minimum atomic E-state index is -0.146. The molecule has 0 spiro atoms. The SMILES string of the molecule is CCC(C)(C)NC(=O)C(C)N1CCC(C=O)CC1. The number of carbonyl (C=O) groups is 2. The molecule has 1 heterocycles. The molecule has 1 N–H and O–H groups in total. The van der Waals surface area contributed by atoms with Gasteiger partial charge in [0.25, 0.3) is 0 Å². The van der Waals surface area contributed by atoms with Gasteiger partial charge in [-0.1, -0.05) is 6.92 Å². The van der Waals surface area contributed by atoms with Crippen LogP contribution in [0.1, 0.15) is 47.0 Å². The van der Waals surface area contributed by atoms with Crippen LogP contribution in [0.15, 0.2) is 0 Å². The molecule has 1 amide bonds. The summed E-state index contributed by atoms with van der Waals surface area (Å²) in [5.74, 6) is 0.273. The second-order valence-corrected chi connectivity index (χ2v) is 5.91. The second-order valence-electron chi connectivity index (χ2n) is 5.91. The number of hydrogen-bond donors (Lipinski definition) is 1. The van der Waals surface area contributed by atoms with Crippen molar-refractivity contribution in [3.8, 4) is 0 Å². The lowest BCUT2D eigenvalue weighted by molar-refractivity contribution is -0.128. The number of likely N-dealkylation sites (tertiary alicyclic amines) is 1. The van der Waals surface area contributed by atoms with Gasteiger partial charge in [-0.15, -0.1) is 0 Å². The van der Waals surface area contributed by atoms with Gasteiger partial charge >= 0.3 is 0 Å². The van der Waals surface area contributed by atoms with Crippen LogP contribution in [-0.2, 0) is 9.59 Å². The number of aldehydes is 1. The van der Waals surface area contributed by atoms with Crippen LogP contribution in [0.3, 0.4) is 0 Å². The lowest BCUT2D eigenvalue weighted by Gasteiger charge is -2.35. The van der Waals surface area contributed by atoms with Gasteiger partial charge in [0, 0.05) is 11.5 Å². The molecule has 0 aromatic rings. The minimum absolute atomic E-state index is 0.0893. The van der Waals surface area contributed by atoms with Crippen molar-refractivity contribution in [3.63, 3.8) is 0 Å². The Hall–Kier alpha value is -0.900. The summed E-state index contributed by atoms with van der Waals surface area (Å²) in [6.07, 6.45) is 3.71. The summed E-state index contributed by atoms with van der Waals surface area (Å²) in [4.78, 5) is 25.0. The number of nitrogens with one attached hydrogen (secondary N) is 1. The van der Waals surface area contributed by atoms with Gasteiger partial charge in [-0.25, -0.2) is 0 Å². The van der Waals surface area contributed by atoms with Crippen molar-refractivity contribution in [2.75, 3.05) is 13.1 Å². The van der Waals surface area contributed by atoms with Gasteiger partial charge in [-0.05, 0) is 53.1 Å². The average molecular weight is 254 g/mol. The van der Waals surface area contributed by atoms with Gasteiger partial charge in [-0.2, -0.15) is 0 Å². The zero-order valence-corrected chi connectivity index (χ0v) is 12.0. The molecular formula is C14H26N2O2. The fraction of sp³-hybridized carbons (Fsp3) is 0.857. The van der Waals surface area contributed by atoms with Gasteiger partial charge in [0.05, 0.1) is 6.04 Å². The molecule has 0 bridgehead atoms. The summed E-state index contributed by atoms with van der Waals surface area (Å²) >= 11 is 0. The van der Waals surface area contributed by atoms with E-state index in [0.29, 0.717) is 0 Å². The first-order valence-electron chi connectivity index (χ1n) is 6.91. The van der Waals surface area contributed by atoms with Crippen LogP contribution in [0.5, 0.6) is 0 Å². The zero-order valence-electron chi connectivity index (χ0n) is 12.0. The fourth-order valence-electron chi connectivity index (χ4n) is 2.13. The third-order valence-electron chi connectivity index (χ3n) is 4.04. The van der Waals surface area contributed by atoms with Crippen LogP contribution < -0.4 is 5.32 Å². The van der Waals surface area contributed by atoms with E-state index in [1.807, 2.05) is 20.8 Å². The maximum atomic E-state index is 12.1. The highest BCUT2D eigenvalue weighted by Gasteiger charge is 2.28. The molecule has 1 aliphatic rings. The Balaban J connectivity index is 2.47. The van der Waals surface area contributed by atoms with Crippen LogP contribution >= 0.6 is 0 Å². The van der Waals surface area contributed by atoms with E-state index in [-0.39, 0.29) is 23.4 Å². The molecule has 4 nitrogen and oxygen atoms in total. The van der Waals surface area contributed by atoms with Crippen molar-refractivity contribution >= 4 is 12.2 Å². The molecule has 0 radical (unpaired) electrons. The van der Waals surface area contributed by atoms with Crippen molar-refractivity contribution in [2.24, 2.45) is 5.92 Å². The third kappa shape index (κ3) is 4.09. The largest absolute Gasteiger partial charge is 0.350 e. The Morgan fingerprint density at radius 2 is 2.00 bits per heavy atom. The van der Waals surface area contributed by atoms with Gasteiger partial charge in [0.1, 0.15) is 6.29 Å². The van der Waals surface area contributed by atoms with E-state index in [9.17, 15) is 9.59 Å². The molecule has 1 rings (SSSR count). The Kier molecular flexibility index (Phi) is 5.32. The monoisotopic (exact) mass is 254 g/mol. The average Bonchev–Trinajstić information content (AvgIpc) is 2.37. The standard InChI is InChI=1S/C14H26N2O2/c1-5-14(3,4)15-13(18)11(2)16-8-6-12(10-17)7-9-16/h10-12H,5-9H2,1-4H3,(H,15,18). The molecule has 18 heavy (non-hydrogen) atoms. The number of amides is 1. The lowest BCUT2D eigenvalue weighted by Crippen LogP contribution is -2.53. The van der Waals surface area contributed by atoms with Crippen molar-refractivity contribution in [2.45, 2.75) is 58.5 Å². The fourth-order valence-corrected chi connectivity index (χ4v) is 2.13. The first-order chi connectivity index (χ1) is 8.39. The van der Waals surface area contributed by atoms with E-state index >= 15 is 0 Å². The molecule has 0 aliphatic carbocycles. The highest BCUT2D eigenvalue weighted by Crippen LogP contribution is 2.17. The number of nitrogens with zero attached hydrogens (tertiary/aromatic N) is 1. The quantitative estimate of drug-likeness (QED) is 0.758. The van der Waals surface area contributed by atoms with Gasteiger partial charge in [-0.3, -0.25) is 9.69 Å². The Morgan fingerprint density at radius 1 is 1.44 bits per heavy atom. The third-order valence-corrected chi connectivity index (χ3v) is 4.04. The van der Waals surface area contributed by atoms with E-state index in [1.165, 1.54) is 0 Å². The first-order valence-corrected chi connectivity index (χ1v) is 6.91. The van der Waals surface area contributed by atoms with E-state index < -0.39 is 0 Å². The molecule has 0 aromatic heterocycles. The van der Waals surface area contributed by atoms with Gasteiger partial charge < -0.3 is 10.1 Å². The first kappa shape index (κ1) is 15.2. The molecule has 104 valence electrons. The van der Waals surface area contributed by atoms with Gasteiger partial charge in [0.2, 0.25) is 5.91 Å². The predicted octanol–water partition coefficient (Wildman–Crippen LogP) is 1.59. The van der Waals surface area contributed by atoms with Crippen LogP contribution in [0.4, 0.5) is 0 Å². The summed E-state index contributed by atoms with van der Waals surface area (Å²) in [5.41, 5.74) is -0.146.